The van der Waals surface area contributed by atoms with Gasteiger partial charge in [-0.1, -0.05) is 18.2 Å². The van der Waals surface area contributed by atoms with E-state index in [1.165, 1.54) is 0 Å². The Labute approximate surface area is 125 Å². The van der Waals surface area contributed by atoms with E-state index in [1.54, 1.807) is 0 Å². The third kappa shape index (κ3) is 3.09. The van der Waals surface area contributed by atoms with E-state index in [0.717, 1.165) is 45.3 Å². The number of carbonyl (C=O) groups is 2. The molecule has 2 saturated heterocycles. The summed E-state index contributed by atoms with van der Waals surface area (Å²) in [5, 5.41) is 0. The van der Waals surface area contributed by atoms with Crippen LogP contribution in [-0.2, 0) is 4.79 Å². The van der Waals surface area contributed by atoms with Crippen molar-refractivity contribution in [1.82, 2.24) is 9.80 Å². The molecule has 1 unspecified atom stereocenters. The summed E-state index contributed by atoms with van der Waals surface area (Å²) in [6.07, 6.45) is 4.06. The zero-order chi connectivity index (χ0) is 14.7. The van der Waals surface area contributed by atoms with Crippen LogP contribution in [0, 0.1) is 5.92 Å². The maximum atomic E-state index is 12.5. The minimum atomic E-state index is -0.00971. The van der Waals surface area contributed by atoms with E-state index >= 15 is 0 Å². The topological polar surface area (TPSA) is 40.6 Å². The molecule has 0 saturated carbocycles. The first-order valence-electron chi connectivity index (χ1n) is 7.89. The van der Waals surface area contributed by atoms with Gasteiger partial charge in [-0.2, -0.15) is 0 Å². The number of carbonyl (C=O) groups excluding carboxylic acids is 2. The predicted molar refractivity (Wildman–Crippen MR) is 80.9 cm³/mol. The molecule has 0 spiro atoms. The van der Waals surface area contributed by atoms with Crippen LogP contribution in [0.15, 0.2) is 30.3 Å². The number of likely N-dealkylation sites (tertiary alicyclic amines) is 2. The van der Waals surface area contributed by atoms with Gasteiger partial charge in [-0.05, 0) is 37.8 Å². The fourth-order valence-electron chi connectivity index (χ4n) is 3.32. The third-order valence-corrected chi connectivity index (χ3v) is 4.50. The van der Waals surface area contributed by atoms with Gasteiger partial charge in [0.15, 0.2) is 0 Å². The number of hydrogen-bond donors (Lipinski definition) is 0. The van der Waals surface area contributed by atoms with Crippen LogP contribution >= 0.6 is 0 Å². The van der Waals surface area contributed by atoms with Crippen molar-refractivity contribution in [3.63, 3.8) is 0 Å². The standard InChI is InChI=1S/C17H22N2O2/c20-16(14-7-2-1-3-8-14)19-12-6-9-15(13-19)17(21)18-10-4-5-11-18/h1-3,7-8,15H,4-6,9-13H2. The zero-order valence-corrected chi connectivity index (χ0v) is 12.3. The van der Waals surface area contributed by atoms with Crippen molar-refractivity contribution in [2.24, 2.45) is 5.92 Å². The predicted octanol–water partition coefficient (Wildman–Crippen LogP) is 2.16. The first-order chi connectivity index (χ1) is 10.3. The second-order valence-corrected chi connectivity index (χ2v) is 5.99. The van der Waals surface area contributed by atoms with Crippen molar-refractivity contribution in [1.29, 1.82) is 0 Å². The van der Waals surface area contributed by atoms with Crippen LogP contribution in [0.1, 0.15) is 36.0 Å². The smallest absolute Gasteiger partial charge is 0.253 e. The first-order valence-corrected chi connectivity index (χ1v) is 7.89. The van der Waals surface area contributed by atoms with Gasteiger partial charge in [0.05, 0.1) is 5.92 Å². The Kier molecular flexibility index (Phi) is 4.23. The molecular weight excluding hydrogens is 264 g/mol. The summed E-state index contributed by atoms with van der Waals surface area (Å²) < 4.78 is 0. The molecule has 2 amide bonds. The van der Waals surface area contributed by atoms with Gasteiger partial charge < -0.3 is 9.80 Å². The Bertz CT molecular complexity index is 509. The van der Waals surface area contributed by atoms with Crippen LogP contribution < -0.4 is 0 Å². The van der Waals surface area contributed by atoms with Crippen LogP contribution in [0.5, 0.6) is 0 Å². The molecular formula is C17H22N2O2. The summed E-state index contributed by atoms with van der Waals surface area (Å²) in [6, 6.07) is 9.35. The summed E-state index contributed by atoms with van der Waals surface area (Å²) in [5.41, 5.74) is 0.715. The maximum Gasteiger partial charge on any atom is 0.253 e. The van der Waals surface area contributed by atoms with Gasteiger partial charge in [0, 0.05) is 31.7 Å². The summed E-state index contributed by atoms with van der Waals surface area (Å²) in [4.78, 5) is 28.8. The maximum absolute atomic E-state index is 12.5. The number of nitrogens with zero attached hydrogens (tertiary/aromatic N) is 2. The molecule has 2 aliphatic rings. The van der Waals surface area contributed by atoms with Crippen molar-refractivity contribution < 1.29 is 9.59 Å². The van der Waals surface area contributed by atoms with E-state index < -0.39 is 0 Å². The number of hydrogen-bond acceptors (Lipinski definition) is 2. The van der Waals surface area contributed by atoms with Gasteiger partial charge in [-0.3, -0.25) is 9.59 Å². The second kappa shape index (κ2) is 6.29. The molecule has 2 aliphatic heterocycles. The average Bonchev–Trinajstić information content (AvgIpc) is 3.09. The van der Waals surface area contributed by atoms with Crippen molar-refractivity contribution in [2.45, 2.75) is 25.7 Å². The first kappa shape index (κ1) is 14.1. The highest BCUT2D eigenvalue weighted by molar-refractivity contribution is 5.94. The zero-order valence-electron chi connectivity index (χ0n) is 12.3. The molecule has 1 aromatic carbocycles. The molecule has 0 bridgehead atoms. The highest BCUT2D eigenvalue weighted by Crippen LogP contribution is 2.22. The average molecular weight is 286 g/mol. The molecule has 2 fully saturated rings. The normalized spacial score (nSPS) is 22.4. The monoisotopic (exact) mass is 286 g/mol. The van der Waals surface area contributed by atoms with Crippen molar-refractivity contribution in [2.75, 3.05) is 26.2 Å². The number of piperidine rings is 1. The second-order valence-electron chi connectivity index (χ2n) is 5.99. The van der Waals surface area contributed by atoms with E-state index in [4.69, 9.17) is 0 Å². The van der Waals surface area contributed by atoms with Gasteiger partial charge in [0.1, 0.15) is 0 Å². The van der Waals surface area contributed by atoms with Crippen LogP contribution in [0.2, 0.25) is 0 Å². The molecule has 4 nitrogen and oxygen atoms in total. The number of benzene rings is 1. The Balaban J connectivity index is 1.65. The largest absolute Gasteiger partial charge is 0.342 e. The lowest BCUT2D eigenvalue weighted by molar-refractivity contribution is -0.135. The summed E-state index contributed by atoms with van der Waals surface area (Å²) >= 11 is 0. The van der Waals surface area contributed by atoms with E-state index in [9.17, 15) is 9.59 Å². The molecule has 1 aromatic rings. The Morgan fingerprint density at radius 3 is 2.29 bits per heavy atom. The van der Waals surface area contributed by atoms with Gasteiger partial charge >= 0.3 is 0 Å². The fraction of sp³-hybridized carbons (Fsp3) is 0.529. The lowest BCUT2D eigenvalue weighted by atomic mass is 9.96. The minimum Gasteiger partial charge on any atom is -0.342 e. The summed E-state index contributed by atoms with van der Waals surface area (Å²) in [7, 11) is 0. The molecule has 0 aliphatic carbocycles. The Morgan fingerprint density at radius 1 is 0.905 bits per heavy atom. The van der Waals surface area contributed by atoms with Crippen molar-refractivity contribution >= 4 is 11.8 Å². The van der Waals surface area contributed by atoms with E-state index in [1.807, 2.05) is 40.1 Å². The summed E-state index contributed by atoms with van der Waals surface area (Å²) in [6.45, 7) is 3.12. The Hall–Kier alpha value is -1.84. The molecule has 0 aromatic heterocycles. The minimum absolute atomic E-state index is 0.00971. The van der Waals surface area contributed by atoms with E-state index in [-0.39, 0.29) is 17.7 Å². The van der Waals surface area contributed by atoms with E-state index in [2.05, 4.69) is 0 Å². The molecule has 1 atom stereocenters. The van der Waals surface area contributed by atoms with E-state index in [0.29, 0.717) is 12.1 Å². The van der Waals surface area contributed by atoms with Gasteiger partial charge in [-0.15, -0.1) is 0 Å². The molecule has 2 heterocycles. The highest BCUT2D eigenvalue weighted by atomic mass is 16.2. The SMILES string of the molecule is O=C(c1ccccc1)N1CCCC(C(=O)N2CCCC2)C1. The van der Waals surface area contributed by atoms with Crippen LogP contribution in [0.4, 0.5) is 0 Å². The lowest BCUT2D eigenvalue weighted by Crippen LogP contribution is -2.46. The van der Waals surface area contributed by atoms with Crippen molar-refractivity contribution in [3.8, 4) is 0 Å². The highest BCUT2D eigenvalue weighted by Gasteiger charge is 2.32. The van der Waals surface area contributed by atoms with Crippen LogP contribution in [0.25, 0.3) is 0 Å². The molecule has 21 heavy (non-hydrogen) atoms. The molecule has 112 valence electrons. The number of amides is 2. The Morgan fingerprint density at radius 2 is 1.57 bits per heavy atom. The molecule has 0 N–H and O–H groups in total. The van der Waals surface area contributed by atoms with Crippen molar-refractivity contribution in [3.05, 3.63) is 35.9 Å². The van der Waals surface area contributed by atoms with Crippen LogP contribution in [-0.4, -0.2) is 47.8 Å². The third-order valence-electron chi connectivity index (χ3n) is 4.50. The number of rotatable bonds is 2. The molecule has 4 heteroatoms. The quantitative estimate of drug-likeness (QED) is 0.836. The van der Waals surface area contributed by atoms with Gasteiger partial charge in [0.25, 0.3) is 5.91 Å². The lowest BCUT2D eigenvalue weighted by Gasteiger charge is -2.34. The molecule has 3 rings (SSSR count). The fourth-order valence-corrected chi connectivity index (χ4v) is 3.32. The van der Waals surface area contributed by atoms with Gasteiger partial charge in [-0.25, -0.2) is 0 Å². The van der Waals surface area contributed by atoms with Crippen LogP contribution in [0.3, 0.4) is 0 Å². The summed E-state index contributed by atoms with van der Waals surface area (Å²) in [5.74, 6) is 0.289. The van der Waals surface area contributed by atoms with Gasteiger partial charge in [0.2, 0.25) is 5.91 Å². The molecule has 0 radical (unpaired) electrons.